The van der Waals surface area contributed by atoms with E-state index in [4.69, 9.17) is 14.7 Å². The second kappa shape index (κ2) is 11.3. The fourth-order valence-electron chi connectivity index (χ4n) is 4.87. The van der Waals surface area contributed by atoms with E-state index in [9.17, 15) is 22.0 Å². The van der Waals surface area contributed by atoms with Gasteiger partial charge in [-0.25, -0.2) is 32.0 Å². The molecule has 218 valence electrons. The third kappa shape index (κ3) is 6.03. The number of hydrogen-bond donors (Lipinski definition) is 2. The summed E-state index contributed by atoms with van der Waals surface area (Å²) >= 11 is 0. The molecule has 0 radical (unpaired) electrons. The molecule has 2 N–H and O–H groups in total. The second-order valence-electron chi connectivity index (χ2n) is 11.0. The number of nitrogens with zero attached hydrogens (tertiary/aromatic N) is 3. The van der Waals surface area contributed by atoms with Crippen molar-refractivity contribution >= 4 is 27.4 Å². The minimum Gasteiger partial charge on any atom is -0.377 e. The van der Waals surface area contributed by atoms with E-state index in [-0.39, 0.29) is 30.6 Å². The molecular formula is C29H33F2N5O4S. The van der Waals surface area contributed by atoms with Crippen molar-refractivity contribution in [2.75, 3.05) is 36.5 Å². The zero-order valence-corrected chi connectivity index (χ0v) is 24.0. The highest BCUT2D eigenvalue weighted by atomic mass is 32.2. The van der Waals surface area contributed by atoms with Crippen LogP contribution >= 0.6 is 0 Å². The molecule has 9 nitrogen and oxygen atoms in total. The van der Waals surface area contributed by atoms with Gasteiger partial charge in [0.15, 0.2) is 15.7 Å². The van der Waals surface area contributed by atoms with Gasteiger partial charge < -0.3 is 20.3 Å². The molecule has 2 aliphatic rings. The summed E-state index contributed by atoms with van der Waals surface area (Å²) in [5.41, 5.74) is 1.46. The van der Waals surface area contributed by atoms with Crippen LogP contribution in [0.15, 0.2) is 53.4 Å². The van der Waals surface area contributed by atoms with Gasteiger partial charge in [-0.15, -0.1) is 0 Å². The van der Waals surface area contributed by atoms with E-state index in [1.807, 2.05) is 25.7 Å². The van der Waals surface area contributed by atoms with Crippen molar-refractivity contribution in [1.82, 2.24) is 15.3 Å². The van der Waals surface area contributed by atoms with Crippen molar-refractivity contribution in [1.29, 1.82) is 0 Å². The van der Waals surface area contributed by atoms with Crippen LogP contribution in [0.2, 0.25) is 0 Å². The van der Waals surface area contributed by atoms with E-state index in [0.717, 1.165) is 12.1 Å². The molecule has 2 fully saturated rings. The number of halogens is 2. The lowest BCUT2D eigenvalue weighted by atomic mass is 10.1. The monoisotopic (exact) mass is 585 g/mol. The van der Waals surface area contributed by atoms with Crippen molar-refractivity contribution in [3.8, 4) is 11.4 Å². The first-order valence-electron chi connectivity index (χ1n) is 13.6. The largest absolute Gasteiger partial charge is 0.377 e. The van der Waals surface area contributed by atoms with E-state index in [1.54, 1.807) is 30.3 Å². The number of amides is 2. The molecule has 41 heavy (non-hydrogen) atoms. The van der Waals surface area contributed by atoms with E-state index >= 15 is 0 Å². The average molecular weight is 586 g/mol. The molecule has 1 aliphatic heterocycles. The maximum atomic E-state index is 14.0. The Labute approximate surface area is 238 Å². The SMILES string of the molecule is CC(C)CNC(=O)Nc1ccc(-c2nc(N3CCOC[C@@H]3C)cc(C3(S(=O)(=O)c4cc(F)cc(F)c4)CC3)n2)cc1. The molecule has 0 bridgehead atoms. The first-order chi connectivity index (χ1) is 19.5. The summed E-state index contributed by atoms with van der Waals surface area (Å²) in [5, 5.41) is 5.58. The van der Waals surface area contributed by atoms with Crippen LogP contribution in [0.4, 0.5) is 25.1 Å². The summed E-state index contributed by atoms with van der Waals surface area (Å²) in [5.74, 6) is -0.759. The second-order valence-corrected chi connectivity index (χ2v) is 13.2. The molecule has 0 spiro atoms. The third-order valence-corrected chi connectivity index (χ3v) is 9.78. The molecule has 2 heterocycles. The normalized spacial score (nSPS) is 18.3. The standard InChI is InChI=1S/C29H33F2N5O4S/c1-18(2)16-32-28(37)33-23-6-4-20(5-7-23)27-34-25(15-26(35-27)36-10-11-40-17-19(36)3)29(8-9-29)41(38,39)24-13-21(30)12-22(31)14-24/h4-7,12-15,18-19H,8-11,16-17H2,1-3H3,(H2,32,33,37)/t19-/m0/s1. The number of morpholine rings is 1. The van der Waals surface area contributed by atoms with Crippen LogP contribution in [0.1, 0.15) is 39.3 Å². The molecular weight excluding hydrogens is 552 g/mol. The number of nitrogens with one attached hydrogen (secondary N) is 2. The summed E-state index contributed by atoms with van der Waals surface area (Å²) in [7, 11) is -4.19. The fraction of sp³-hybridized carbons (Fsp3) is 0.414. The Balaban J connectivity index is 1.53. The summed E-state index contributed by atoms with van der Waals surface area (Å²) < 4.78 is 59.8. The Bertz CT molecular complexity index is 1530. The molecule has 1 aliphatic carbocycles. The van der Waals surface area contributed by atoms with Gasteiger partial charge in [0.1, 0.15) is 22.2 Å². The highest BCUT2D eigenvalue weighted by Gasteiger charge is 2.58. The zero-order chi connectivity index (χ0) is 29.4. The molecule has 1 aromatic heterocycles. The van der Waals surface area contributed by atoms with Gasteiger partial charge in [0.2, 0.25) is 0 Å². The first kappa shape index (κ1) is 28.9. The van der Waals surface area contributed by atoms with Crippen molar-refractivity contribution in [2.45, 2.75) is 49.3 Å². The van der Waals surface area contributed by atoms with Crippen LogP contribution in [0.25, 0.3) is 11.4 Å². The van der Waals surface area contributed by atoms with Gasteiger partial charge in [-0.2, -0.15) is 0 Å². The number of carbonyl (C=O) groups excluding carboxylic acids is 1. The maximum Gasteiger partial charge on any atom is 0.319 e. The van der Waals surface area contributed by atoms with Crippen LogP contribution in [-0.2, 0) is 19.3 Å². The van der Waals surface area contributed by atoms with Crippen LogP contribution in [0.3, 0.4) is 0 Å². The fourth-order valence-corrected chi connectivity index (χ4v) is 6.88. The summed E-state index contributed by atoms with van der Waals surface area (Å²) in [6.07, 6.45) is 0.521. The van der Waals surface area contributed by atoms with Crippen molar-refractivity contribution in [3.63, 3.8) is 0 Å². The molecule has 1 atom stereocenters. The summed E-state index contributed by atoms with van der Waals surface area (Å²) in [4.78, 5) is 23.3. The smallest absolute Gasteiger partial charge is 0.319 e. The van der Waals surface area contributed by atoms with Crippen molar-refractivity contribution < 1.29 is 26.7 Å². The third-order valence-electron chi connectivity index (χ3n) is 7.28. The molecule has 2 amide bonds. The van der Waals surface area contributed by atoms with Crippen molar-refractivity contribution in [3.05, 3.63) is 65.9 Å². The first-order valence-corrected chi connectivity index (χ1v) is 15.1. The number of carbonyl (C=O) groups is 1. The molecule has 1 saturated heterocycles. The number of rotatable bonds is 8. The topological polar surface area (TPSA) is 114 Å². The molecule has 0 unspecified atom stereocenters. The number of aromatic nitrogens is 2. The number of anilines is 2. The van der Waals surface area contributed by atoms with Crippen LogP contribution in [-0.4, -0.2) is 56.8 Å². The zero-order valence-electron chi connectivity index (χ0n) is 23.2. The van der Waals surface area contributed by atoms with Gasteiger partial charge in [-0.05, 0) is 62.1 Å². The molecule has 1 saturated carbocycles. The summed E-state index contributed by atoms with van der Waals surface area (Å²) in [6.45, 7) is 8.07. The van der Waals surface area contributed by atoms with E-state index in [1.165, 1.54) is 0 Å². The Morgan fingerprint density at radius 3 is 2.39 bits per heavy atom. The number of sulfone groups is 1. The molecule has 3 aromatic rings. The molecule has 5 rings (SSSR count). The van der Waals surface area contributed by atoms with E-state index < -0.39 is 31.1 Å². The Kier molecular flexibility index (Phi) is 7.97. The highest BCUT2D eigenvalue weighted by Crippen LogP contribution is 2.55. The summed E-state index contributed by atoms with van der Waals surface area (Å²) in [6, 6.07) is 10.6. The Hall–Kier alpha value is -3.64. The molecule has 2 aromatic carbocycles. The number of benzene rings is 2. The predicted octanol–water partition coefficient (Wildman–Crippen LogP) is 4.89. The average Bonchev–Trinajstić information content (AvgIpc) is 3.75. The molecule has 12 heteroatoms. The van der Waals surface area contributed by atoms with Gasteiger partial charge in [0.05, 0.1) is 29.8 Å². The minimum atomic E-state index is -4.19. The van der Waals surface area contributed by atoms with Gasteiger partial charge in [-0.3, -0.25) is 0 Å². The van der Waals surface area contributed by atoms with Crippen molar-refractivity contribution in [2.24, 2.45) is 5.92 Å². The quantitative estimate of drug-likeness (QED) is 0.387. The van der Waals surface area contributed by atoms with Crippen LogP contribution in [0.5, 0.6) is 0 Å². The Morgan fingerprint density at radius 1 is 1.10 bits per heavy atom. The van der Waals surface area contributed by atoms with Gasteiger partial charge in [-0.1, -0.05) is 13.8 Å². The number of hydrogen-bond acceptors (Lipinski definition) is 7. The van der Waals surface area contributed by atoms with Gasteiger partial charge in [0, 0.05) is 36.5 Å². The number of ether oxygens (including phenoxy) is 1. The maximum absolute atomic E-state index is 14.0. The van der Waals surface area contributed by atoms with E-state index in [0.29, 0.717) is 61.2 Å². The van der Waals surface area contributed by atoms with Gasteiger partial charge in [0.25, 0.3) is 0 Å². The predicted molar refractivity (Wildman–Crippen MR) is 151 cm³/mol. The van der Waals surface area contributed by atoms with Crippen LogP contribution in [0, 0.1) is 17.6 Å². The van der Waals surface area contributed by atoms with Crippen LogP contribution < -0.4 is 15.5 Å². The minimum absolute atomic E-state index is 0.0145. The lowest BCUT2D eigenvalue weighted by Crippen LogP contribution is -2.44. The Morgan fingerprint density at radius 2 is 1.78 bits per heavy atom. The van der Waals surface area contributed by atoms with Gasteiger partial charge >= 0.3 is 6.03 Å². The lowest BCUT2D eigenvalue weighted by molar-refractivity contribution is 0.0985. The van der Waals surface area contributed by atoms with E-state index in [2.05, 4.69) is 10.6 Å². The number of urea groups is 1. The lowest BCUT2D eigenvalue weighted by Gasteiger charge is -2.34. The highest BCUT2D eigenvalue weighted by molar-refractivity contribution is 7.92.